The molecule has 22 heavy (non-hydrogen) atoms. The van der Waals surface area contributed by atoms with Crippen molar-refractivity contribution in [1.82, 2.24) is 0 Å². The average molecular weight is 323 g/mol. The van der Waals surface area contributed by atoms with Gasteiger partial charge in [-0.05, 0) is 43.7 Å². The smallest absolute Gasteiger partial charge is 0.337 e. The Balaban J connectivity index is 2.47. The number of aryl methyl sites for hydroxylation is 2. The third kappa shape index (κ3) is 3.25. The molecule has 0 saturated heterocycles. The normalized spacial score (nSPS) is 11.2. The third-order valence-electron chi connectivity index (χ3n) is 3.08. The van der Waals surface area contributed by atoms with Gasteiger partial charge in [0.15, 0.2) is 0 Å². The maximum absolute atomic E-state index is 13.1. The molecular weight excluding hydrogens is 309 g/mol. The highest BCUT2D eigenvalue weighted by Crippen LogP contribution is 2.23. The van der Waals surface area contributed by atoms with Gasteiger partial charge in [0, 0.05) is 0 Å². The van der Waals surface area contributed by atoms with Crippen LogP contribution >= 0.6 is 0 Å². The van der Waals surface area contributed by atoms with Gasteiger partial charge in [0.2, 0.25) is 0 Å². The molecule has 0 spiro atoms. The lowest BCUT2D eigenvalue weighted by Crippen LogP contribution is -2.16. The monoisotopic (exact) mass is 323 g/mol. The summed E-state index contributed by atoms with van der Waals surface area (Å²) in [6.07, 6.45) is 0. The number of benzene rings is 2. The van der Waals surface area contributed by atoms with Crippen molar-refractivity contribution in [2.24, 2.45) is 0 Å². The molecular formula is C15H14FNO4S. The summed E-state index contributed by atoms with van der Waals surface area (Å²) in [4.78, 5) is 11.1. The molecule has 0 amide bonds. The number of hydrogen-bond donors (Lipinski definition) is 2. The van der Waals surface area contributed by atoms with Gasteiger partial charge in [-0.1, -0.05) is 17.7 Å². The van der Waals surface area contributed by atoms with Crippen molar-refractivity contribution in [3.63, 3.8) is 0 Å². The van der Waals surface area contributed by atoms with Crippen LogP contribution in [0.15, 0.2) is 41.3 Å². The van der Waals surface area contributed by atoms with Crippen molar-refractivity contribution in [1.29, 1.82) is 0 Å². The second kappa shape index (κ2) is 5.76. The quantitative estimate of drug-likeness (QED) is 0.906. The highest BCUT2D eigenvalue weighted by Gasteiger charge is 2.20. The van der Waals surface area contributed by atoms with E-state index in [1.165, 1.54) is 6.07 Å². The molecule has 0 heterocycles. The molecule has 116 valence electrons. The Morgan fingerprint density at radius 1 is 1.14 bits per heavy atom. The number of halogens is 1. The minimum Gasteiger partial charge on any atom is -0.478 e. The predicted octanol–water partition coefficient (Wildman–Crippen LogP) is 2.94. The molecule has 2 aromatic rings. The van der Waals surface area contributed by atoms with Crippen LogP contribution in [-0.4, -0.2) is 19.5 Å². The van der Waals surface area contributed by atoms with E-state index in [1.54, 1.807) is 19.1 Å². The molecule has 0 aliphatic carbocycles. The number of carboxylic acids is 1. The Kier molecular flexibility index (Phi) is 4.18. The first kappa shape index (κ1) is 16.0. The van der Waals surface area contributed by atoms with Gasteiger partial charge in [-0.2, -0.15) is 0 Å². The first-order valence-electron chi connectivity index (χ1n) is 6.33. The largest absolute Gasteiger partial charge is 0.478 e. The van der Waals surface area contributed by atoms with Gasteiger partial charge >= 0.3 is 5.97 Å². The number of rotatable bonds is 4. The Bertz CT molecular complexity index is 847. The zero-order valence-corrected chi connectivity index (χ0v) is 12.7. The van der Waals surface area contributed by atoms with Gasteiger partial charge in [-0.25, -0.2) is 17.6 Å². The minimum absolute atomic E-state index is 0.0405. The standard InChI is InChI=1S/C15H14FNO4S/c1-9-3-6-14(10(2)7-9)22(20,21)17-13-5-4-11(16)8-12(13)15(18)19/h3-8,17H,1-2H3,(H,18,19). The minimum atomic E-state index is -3.97. The fraction of sp³-hybridized carbons (Fsp3) is 0.133. The van der Waals surface area contributed by atoms with Crippen LogP contribution in [-0.2, 0) is 10.0 Å². The van der Waals surface area contributed by atoms with E-state index in [0.717, 1.165) is 23.8 Å². The lowest BCUT2D eigenvalue weighted by atomic mass is 10.2. The molecule has 2 N–H and O–H groups in total. The van der Waals surface area contributed by atoms with Crippen molar-refractivity contribution < 1.29 is 22.7 Å². The molecule has 2 rings (SSSR count). The zero-order valence-electron chi connectivity index (χ0n) is 11.9. The molecule has 0 aliphatic heterocycles. The third-order valence-corrected chi connectivity index (χ3v) is 4.60. The molecule has 7 heteroatoms. The number of hydrogen-bond acceptors (Lipinski definition) is 3. The van der Waals surface area contributed by atoms with E-state index in [9.17, 15) is 17.6 Å². The molecule has 0 bridgehead atoms. The summed E-state index contributed by atoms with van der Waals surface area (Å²) in [6, 6.07) is 7.63. The number of carboxylic acid groups (broad SMARTS) is 1. The Morgan fingerprint density at radius 2 is 1.82 bits per heavy atom. The van der Waals surface area contributed by atoms with Crippen molar-refractivity contribution in [3.8, 4) is 0 Å². The summed E-state index contributed by atoms with van der Waals surface area (Å²) in [7, 11) is -3.97. The Labute approximate surface area is 127 Å². The molecule has 0 fully saturated rings. The van der Waals surface area contributed by atoms with Crippen molar-refractivity contribution in [2.75, 3.05) is 4.72 Å². The van der Waals surface area contributed by atoms with Crippen molar-refractivity contribution in [2.45, 2.75) is 18.7 Å². The average Bonchev–Trinajstić information content (AvgIpc) is 2.39. The second-order valence-electron chi connectivity index (χ2n) is 4.87. The van der Waals surface area contributed by atoms with Gasteiger partial charge in [0.05, 0.1) is 16.1 Å². The summed E-state index contributed by atoms with van der Waals surface area (Å²) in [5, 5.41) is 9.05. The molecule has 0 aromatic heterocycles. The van der Waals surface area contributed by atoms with Crippen LogP contribution in [0.4, 0.5) is 10.1 Å². The lowest BCUT2D eigenvalue weighted by molar-refractivity contribution is 0.0697. The number of carbonyl (C=O) groups is 1. The molecule has 0 unspecified atom stereocenters. The lowest BCUT2D eigenvalue weighted by Gasteiger charge is -2.12. The topological polar surface area (TPSA) is 83.5 Å². The van der Waals surface area contributed by atoms with Gasteiger partial charge < -0.3 is 5.11 Å². The highest BCUT2D eigenvalue weighted by atomic mass is 32.2. The van der Waals surface area contributed by atoms with E-state index in [-0.39, 0.29) is 10.6 Å². The summed E-state index contributed by atoms with van der Waals surface area (Å²) < 4.78 is 40.1. The van der Waals surface area contributed by atoms with E-state index in [0.29, 0.717) is 5.56 Å². The first-order valence-corrected chi connectivity index (χ1v) is 7.82. The van der Waals surface area contributed by atoms with Crippen molar-refractivity contribution >= 4 is 21.7 Å². The van der Waals surface area contributed by atoms with Gasteiger partial charge in [-0.15, -0.1) is 0 Å². The number of nitrogens with one attached hydrogen (secondary N) is 1. The van der Waals surface area contributed by atoms with E-state index in [1.807, 2.05) is 6.92 Å². The van der Waals surface area contributed by atoms with E-state index in [2.05, 4.69) is 4.72 Å². The van der Waals surface area contributed by atoms with Crippen LogP contribution in [0.2, 0.25) is 0 Å². The summed E-state index contributed by atoms with van der Waals surface area (Å²) in [5.41, 5.74) is 0.804. The van der Waals surface area contributed by atoms with Gasteiger partial charge in [0.25, 0.3) is 10.0 Å². The Hall–Kier alpha value is -2.41. The van der Waals surface area contributed by atoms with Crippen LogP contribution in [0.5, 0.6) is 0 Å². The SMILES string of the molecule is Cc1ccc(S(=O)(=O)Nc2ccc(F)cc2C(=O)O)c(C)c1. The maximum atomic E-state index is 13.1. The predicted molar refractivity (Wildman–Crippen MR) is 80.1 cm³/mol. The summed E-state index contributed by atoms with van der Waals surface area (Å²) >= 11 is 0. The zero-order chi connectivity index (χ0) is 16.5. The molecule has 0 atom stereocenters. The van der Waals surface area contributed by atoms with Crippen LogP contribution in [0.1, 0.15) is 21.5 Å². The van der Waals surface area contributed by atoms with E-state index >= 15 is 0 Å². The molecule has 0 aliphatic rings. The van der Waals surface area contributed by atoms with Gasteiger partial charge in [-0.3, -0.25) is 4.72 Å². The first-order chi connectivity index (χ1) is 10.2. The molecule has 0 saturated carbocycles. The molecule has 5 nitrogen and oxygen atoms in total. The van der Waals surface area contributed by atoms with Crippen LogP contribution in [0, 0.1) is 19.7 Å². The van der Waals surface area contributed by atoms with Gasteiger partial charge in [0.1, 0.15) is 5.82 Å². The summed E-state index contributed by atoms with van der Waals surface area (Å²) in [6.45, 7) is 3.48. The van der Waals surface area contributed by atoms with E-state index < -0.39 is 27.4 Å². The number of sulfonamides is 1. The van der Waals surface area contributed by atoms with Crippen LogP contribution < -0.4 is 4.72 Å². The molecule has 0 radical (unpaired) electrons. The second-order valence-corrected chi connectivity index (χ2v) is 6.52. The fourth-order valence-electron chi connectivity index (χ4n) is 2.08. The van der Waals surface area contributed by atoms with E-state index in [4.69, 9.17) is 5.11 Å². The maximum Gasteiger partial charge on any atom is 0.337 e. The summed E-state index contributed by atoms with van der Waals surface area (Å²) in [5.74, 6) is -2.18. The number of anilines is 1. The molecule has 2 aromatic carbocycles. The highest BCUT2D eigenvalue weighted by molar-refractivity contribution is 7.92. The Morgan fingerprint density at radius 3 is 2.41 bits per heavy atom. The van der Waals surface area contributed by atoms with Crippen LogP contribution in [0.25, 0.3) is 0 Å². The fourth-order valence-corrected chi connectivity index (χ4v) is 3.39. The van der Waals surface area contributed by atoms with Crippen molar-refractivity contribution in [3.05, 3.63) is 58.9 Å². The van der Waals surface area contributed by atoms with Crippen LogP contribution in [0.3, 0.4) is 0 Å². The number of aromatic carboxylic acids is 1.